The highest BCUT2D eigenvalue weighted by Crippen LogP contribution is 2.50. The molecule has 122 valence electrons. The van der Waals surface area contributed by atoms with Crippen molar-refractivity contribution in [2.45, 2.75) is 31.1 Å². The number of thiocarbonyl (C=S) groups is 1. The minimum atomic E-state index is 0.456. The Bertz CT molecular complexity index is 739. The first kappa shape index (κ1) is 15.9. The molecule has 3 heteroatoms. The summed E-state index contributed by atoms with van der Waals surface area (Å²) in [5, 5.41) is 0.456. The maximum Gasteiger partial charge on any atom is 0.141 e. The van der Waals surface area contributed by atoms with Crippen LogP contribution in [0.5, 0.6) is 0 Å². The summed E-state index contributed by atoms with van der Waals surface area (Å²) in [6.45, 7) is 0.885. The predicted octanol–water partition coefficient (Wildman–Crippen LogP) is 5.95. The van der Waals surface area contributed by atoms with Gasteiger partial charge in [0.1, 0.15) is 4.32 Å². The molecule has 0 saturated carbocycles. The van der Waals surface area contributed by atoms with Crippen molar-refractivity contribution in [2.24, 2.45) is 5.92 Å². The van der Waals surface area contributed by atoms with E-state index in [-0.39, 0.29) is 0 Å². The fourth-order valence-electron chi connectivity index (χ4n) is 3.73. The lowest BCUT2D eigenvalue weighted by atomic mass is 9.85. The minimum Gasteiger partial charge on any atom is -0.327 e. The van der Waals surface area contributed by atoms with Crippen LogP contribution in [-0.2, 0) is 6.54 Å². The molecule has 1 fully saturated rings. The lowest BCUT2D eigenvalue weighted by molar-refractivity contribution is 0.371. The summed E-state index contributed by atoms with van der Waals surface area (Å²) in [7, 11) is 0. The van der Waals surface area contributed by atoms with E-state index in [1.54, 1.807) is 0 Å². The maximum atomic E-state index is 5.82. The Morgan fingerprint density at radius 3 is 2.46 bits per heavy atom. The molecule has 0 unspecified atom stereocenters. The van der Waals surface area contributed by atoms with Crippen molar-refractivity contribution in [3.63, 3.8) is 0 Å². The van der Waals surface area contributed by atoms with Gasteiger partial charge in [0.15, 0.2) is 0 Å². The minimum absolute atomic E-state index is 0.456. The Labute approximate surface area is 153 Å². The van der Waals surface area contributed by atoms with Crippen molar-refractivity contribution in [1.29, 1.82) is 0 Å². The van der Waals surface area contributed by atoms with Crippen molar-refractivity contribution >= 4 is 28.3 Å². The molecule has 2 aromatic carbocycles. The van der Waals surface area contributed by atoms with Crippen LogP contribution in [0.1, 0.15) is 35.6 Å². The van der Waals surface area contributed by atoms with Crippen LogP contribution < -0.4 is 0 Å². The molecule has 0 amide bonds. The zero-order valence-electron chi connectivity index (χ0n) is 13.6. The van der Waals surface area contributed by atoms with Crippen molar-refractivity contribution in [2.75, 3.05) is 0 Å². The number of benzene rings is 2. The average Bonchev–Trinajstić information content (AvgIpc) is 2.65. The van der Waals surface area contributed by atoms with Crippen LogP contribution in [0.4, 0.5) is 0 Å². The molecule has 0 aromatic heterocycles. The van der Waals surface area contributed by atoms with Gasteiger partial charge in [-0.25, -0.2) is 0 Å². The molecule has 0 spiro atoms. The largest absolute Gasteiger partial charge is 0.327 e. The monoisotopic (exact) mass is 351 g/mol. The summed E-state index contributed by atoms with van der Waals surface area (Å²) >= 11 is 7.69. The van der Waals surface area contributed by atoms with Gasteiger partial charge in [-0.15, -0.1) is 0 Å². The van der Waals surface area contributed by atoms with Gasteiger partial charge < -0.3 is 4.90 Å². The summed E-state index contributed by atoms with van der Waals surface area (Å²) in [4.78, 5) is 2.37. The molecule has 2 aliphatic rings. The predicted molar refractivity (Wildman–Crippen MR) is 107 cm³/mol. The first-order valence-corrected chi connectivity index (χ1v) is 9.89. The fourth-order valence-corrected chi connectivity index (χ4v) is 5.46. The van der Waals surface area contributed by atoms with Crippen LogP contribution in [0.15, 0.2) is 72.4 Å². The van der Waals surface area contributed by atoms with Gasteiger partial charge in [-0.3, -0.25) is 0 Å². The molecule has 1 nitrogen and oxygen atoms in total. The van der Waals surface area contributed by atoms with E-state index in [1.807, 2.05) is 11.8 Å². The van der Waals surface area contributed by atoms with E-state index in [1.165, 1.54) is 36.1 Å². The Morgan fingerprint density at radius 1 is 1.00 bits per heavy atom. The summed E-state index contributed by atoms with van der Waals surface area (Å²) in [6.07, 6.45) is 6.14. The van der Waals surface area contributed by atoms with Crippen molar-refractivity contribution in [3.8, 4) is 0 Å². The van der Waals surface area contributed by atoms with Crippen molar-refractivity contribution in [3.05, 3.63) is 83.6 Å². The van der Waals surface area contributed by atoms with Crippen molar-refractivity contribution < 1.29 is 0 Å². The smallest absolute Gasteiger partial charge is 0.141 e. The highest BCUT2D eigenvalue weighted by molar-refractivity contribution is 8.23. The fraction of sp³-hybridized carbons (Fsp3) is 0.286. The van der Waals surface area contributed by atoms with Crippen LogP contribution >= 0.6 is 24.0 Å². The Hall–Kier alpha value is -1.58. The number of hydrogen-bond acceptors (Lipinski definition) is 2. The Balaban J connectivity index is 1.65. The summed E-state index contributed by atoms with van der Waals surface area (Å²) < 4.78 is 1.01. The van der Waals surface area contributed by atoms with Crippen molar-refractivity contribution in [1.82, 2.24) is 4.90 Å². The normalized spacial score (nSPS) is 23.6. The lowest BCUT2D eigenvalue weighted by Crippen LogP contribution is -2.38. The van der Waals surface area contributed by atoms with Gasteiger partial charge in [0.2, 0.25) is 0 Å². The molecular formula is C21H21NS2. The van der Waals surface area contributed by atoms with E-state index in [9.17, 15) is 0 Å². The zero-order chi connectivity index (χ0) is 16.4. The number of rotatable bonds is 3. The van der Waals surface area contributed by atoms with Crippen LogP contribution in [0.3, 0.4) is 0 Å². The highest BCUT2D eigenvalue weighted by Gasteiger charge is 2.38. The van der Waals surface area contributed by atoms with E-state index in [4.69, 9.17) is 12.2 Å². The third-order valence-electron chi connectivity index (χ3n) is 4.89. The standard InChI is InChI=1S/C21H21NS2/c23-21-22(15-16-9-3-1-4-10-16)19-14-8-7-13-18(19)20(24-21)17-11-5-2-6-12-17/h1-6,9-12,14,18,20H,7-8,13,15H2/t18-,20-/m0/s1. The zero-order valence-corrected chi connectivity index (χ0v) is 15.2. The SMILES string of the molecule is S=C1S[C@@H](c2ccccc2)[C@H]2CCCC=C2N1Cc1ccccc1. The van der Waals surface area contributed by atoms with Crippen LogP contribution in [0.2, 0.25) is 0 Å². The van der Waals surface area contributed by atoms with E-state index in [0.717, 1.165) is 10.9 Å². The molecule has 0 N–H and O–H groups in total. The number of fused-ring (bicyclic) bond motifs is 1. The molecule has 1 aliphatic heterocycles. The van der Waals surface area contributed by atoms with Gasteiger partial charge in [-0.2, -0.15) is 0 Å². The van der Waals surface area contributed by atoms with Gasteiger partial charge in [-0.05, 0) is 30.4 Å². The molecule has 2 atom stereocenters. The molecule has 24 heavy (non-hydrogen) atoms. The van der Waals surface area contributed by atoms with E-state index >= 15 is 0 Å². The molecule has 1 aliphatic carbocycles. The third-order valence-corrected chi connectivity index (χ3v) is 6.68. The van der Waals surface area contributed by atoms with Gasteiger partial charge >= 0.3 is 0 Å². The molecular weight excluding hydrogens is 330 g/mol. The van der Waals surface area contributed by atoms with Gasteiger partial charge in [-0.1, -0.05) is 90.7 Å². The number of allylic oxidation sites excluding steroid dienone is 2. The third kappa shape index (κ3) is 3.15. The quantitative estimate of drug-likeness (QED) is 0.630. The molecule has 2 aromatic rings. The lowest BCUT2D eigenvalue weighted by Gasteiger charge is -2.43. The van der Waals surface area contributed by atoms with E-state index in [2.05, 4.69) is 71.6 Å². The van der Waals surface area contributed by atoms with Gasteiger partial charge in [0.25, 0.3) is 0 Å². The molecule has 1 saturated heterocycles. The summed E-state index contributed by atoms with van der Waals surface area (Å²) in [5.74, 6) is 0.571. The number of nitrogens with zero attached hydrogens (tertiary/aromatic N) is 1. The topological polar surface area (TPSA) is 3.24 Å². The summed E-state index contributed by atoms with van der Waals surface area (Å²) in [5.41, 5.74) is 4.17. The molecule has 4 rings (SSSR count). The summed E-state index contributed by atoms with van der Waals surface area (Å²) in [6, 6.07) is 21.5. The second kappa shape index (κ2) is 7.12. The molecule has 1 heterocycles. The highest BCUT2D eigenvalue weighted by atomic mass is 32.2. The Kier molecular flexibility index (Phi) is 4.72. The van der Waals surface area contributed by atoms with Gasteiger partial charge in [0.05, 0.1) is 0 Å². The maximum absolute atomic E-state index is 5.82. The molecule has 0 bridgehead atoms. The average molecular weight is 352 g/mol. The van der Waals surface area contributed by atoms with Crippen LogP contribution in [0, 0.1) is 5.92 Å². The van der Waals surface area contributed by atoms with E-state index < -0.39 is 0 Å². The van der Waals surface area contributed by atoms with E-state index in [0.29, 0.717) is 11.2 Å². The number of hydrogen-bond donors (Lipinski definition) is 0. The second-order valence-corrected chi connectivity index (χ2v) is 8.23. The van der Waals surface area contributed by atoms with Crippen LogP contribution in [-0.4, -0.2) is 9.22 Å². The molecule has 0 radical (unpaired) electrons. The number of thioether (sulfide) groups is 1. The first-order chi connectivity index (χ1) is 11.8. The van der Waals surface area contributed by atoms with Crippen LogP contribution in [0.25, 0.3) is 0 Å². The first-order valence-electron chi connectivity index (χ1n) is 8.60. The Morgan fingerprint density at radius 2 is 1.71 bits per heavy atom. The van der Waals surface area contributed by atoms with Gasteiger partial charge in [0, 0.05) is 23.4 Å². The second-order valence-electron chi connectivity index (χ2n) is 6.45.